The molecule has 2 rings (SSSR count). The number of nitrogens with one attached hydrogen (secondary N) is 1. The van der Waals surface area contributed by atoms with Gasteiger partial charge in [0.15, 0.2) is 0 Å². The molecule has 2 atom stereocenters. The molecule has 27 heavy (non-hydrogen) atoms. The van der Waals surface area contributed by atoms with Crippen molar-refractivity contribution in [3.05, 3.63) is 29.8 Å². The quantitative estimate of drug-likeness (QED) is 0.552. The third-order valence-electron chi connectivity index (χ3n) is 4.00. The minimum absolute atomic E-state index is 0.238. The first-order valence-electron chi connectivity index (χ1n) is 9.16. The van der Waals surface area contributed by atoms with Crippen LogP contribution in [0.1, 0.15) is 39.2 Å². The molecule has 0 spiro atoms. The maximum absolute atomic E-state index is 12.2. The highest BCUT2D eigenvalue weighted by molar-refractivity contribution is 5.72. The second kappa shape index (κ2) is 9.60. The number of amides is 1. The van der Waals surface area contributed by atoms with Gasteiger partial charge in [-0.1, -0.05) is 12.1 Å². The monoisotopic (exact) mass is 379 g/mol. The summed E-state index contributed by atoms with van der Waals surface area (Å²) in [5.74, 6) is 0.512. The van der Waals surface area contributed by atoms with Gasteiger partial charge in [-0.05, 0) is 51.3 Å². The summed E-state index contributed by atoms with van der Waals surface area (Å²) in [6.45, 7) is 6.42. The van der Waals surface area contributed by atoms with Gasteiger partial charge in [0.1, 0.15) is 24.1 Å². The predicted octanol–water partition coefficient (Wildman–Crippen LogP) is 2.85. The number of ether oxygens (including phenoxy) is 4. The molecular formula is C20H29NO6. The minimum Gasteiger partial charge on any atom is -0.491 e. The van der Waals surface area contributed by atoms with E-state index in [2.05, 4.69) is 5.32 Å². The van der Waals surface area contributed by atoms with Gasteiger partial charge in [0.25, 0.3) is 0 Å². The van der Waals surface area contributed by atoms with Gasteiger partial charge in [-0.25, -0.2) is 4.79 Å². The summed E-state index contributed by atoms with van der Waals surface area (Å²) in [6.07, 6.45) is 0.592. The van der Waals surface area contributed by atoms with E-state index in [1.807, 2.05) is 24.3 Å². The van der Waals surface area contributed by atoms with Crippen LogP contribution in [0.4, 0.5) is 4.79 Å². The largest absolute Gasteiger partial charge is 0.491 e. The molecule has 0 aliphatic carbocycles. The maximum Gasteiger partial charge on any atom is 0.408 e. The summed E-state index contributed by atoms with van der Waals surface area (Å²) >= 11 is 0. The lowest BCUT2D eigenvalue weighted by Gasteiger charge is -2.26. The SMILES string of the molecule is COCCOc1ccc(C[C@H](NC(=O)OC(C)(C)C)[C@@H]2CCC(=O)O2)cc1. The van der Waals surface area contributed by atoms with Crippen LogP contribution < -0.4 is 10.1 Å². The lowest BCUT2D eigenvalue weighted by Crippen LogP contribution is -2.46. The molecule has 7 nitrogen and oxygen atoms in total. The van der Waals surface area contributed by atoms with Gasteiger partial charge in [-0.3, -0.25) is 4.79 Å². The molecule has 1 aromatic carbocycles. The van der Waals surface area contributed by atoms with Crippen LogP contribution in [0.15, 0.2) is 24.3 Å². The summed E-state index contributed by atoms with van der Waals surface area (Å²) in [7, 11) is 1.63. The lowest BCUT2D eigenvalue weighted by molar-refractivity contribution is -0.142. The van der Waals surface area contributed by atoms with E-state index in [9.17, 15) is 9.59 Å². The molecule has 1 N–H and O–H groups in total. The van der Waals surface area contributed by atoms with Crippen molar-refractivity contribution in [2.75, 3.05) is 20.3 Å². The van der Waals surface area contributed by atoms with E-state index in [0.29, 0.717) is 32.5 Å². The Kier molecular flexibility index (Phi) is 7.47. The summed E-state index contributed by atoms with van der Waals surface area (Å²) in [6, 6.07) is 7.25. The average molecular weight is 379 g/mol. The average Bonchev–Trinajstić information content (AvgIpc) is 3.01. The number of esters is 1. The highest BCUT2D eigenvalue weighted by Gasteiger charge is 2.33. The van der Waals surface area contributed by atoms with E-state index < -0.39 is 11.7 Å². The van der Waals surface area contributed by atoms with Crippen LogP contribution >= 0.6 is 0 Å². The second-order valence-corrected chi connectivity index (χ2v) is 7.51. The van der Waals surface area contributed by atoms with Crippen molar-refractivity contribution in [2.24, 2.45) is 0 Å². The van der Waals surface area contributed by atoms with E-state index in [1.165, 1.54) is 0 Å². The van der Waals surface area contributed by atoms with Crippen molar-refractivity contribution in [1.29, 1.82) is 0 Å². The van der Waals surface area contributed by atoms with Crippen molar-refractivity contribution in [3.8, 4) is 5.75 Å². The molecule has 0 unspecified atom stereocenters. The summed E-state index contributed by atoms with van der Waals surface area (Å²) in [5.41, 5.74) is 0.403. The van der Waals surface area contributed by atoms with Gasteiger partial charge >= 0.3 is 12.1 Å². The predicted molar refractivity (Wildman–Crippen MR) is 99.8 cm³/mol. The second-order valence-electron chi connectivity index (χ2n) is 7.51. The molecule has 1 saturated heterocycles. The molecular weight excluding hydrogens is 350 g/mol. The van der Waals surface area contributed by atoms with Crippen LogP contribution in [-0.4, -0.2) is 50.1 Å². The molecule has 0 bridgehead atoms. The van der Waals surface area contributed by atoms with Crippen molar-refractivity contribution < 1.29 is 28.5 Å². The van der Waals surface area contributed by atoms with Crippen LogP contribution in [0, 0.1) is 0 Å². The number of methoxy groups -OCH3 is 1. The highest BCUT2D eigenvalue weighted by atomic mass is 16.6. The Morgan fingerprint density at radius 2 is 1.96 bits per heavy atom. The third kappa shape index (κ3) is 7.46. The lowest BCUT2D eigenvalue weighted by atomic mass is 9.99. The molecule has 150 valence electrons. The Labute approximate surface area is 160 Å². The Hall–Kier alpha value is -2.28. The first kappa shape index (κ1) is 21.0. The zero-order chi connectivity index (χ0) is 19.9. The van der Waals surface area contributed by atoms with Gasteiger partial charge in [0, 0.05) is 13.5 Å². The third-order valence-corrected chi connectivity index (χ3v) is 4.00. The topological polar surface area (TPSA) is 83.1 Å². The van der Waals surface area contributed by atoms with Crippen molar-refractivity contribution in [1.82, 2.24) is 5.32 Å². The normalized spacial score (nSPS) is 17.9. The molecule has 7 heteroatoms. The number of hydrogen-bond acceptors (Lipinski definition) is 6. The van der Waals surface area contributed by atoms with Crippen molar-refractivity contribution >= 4 is 12.1 Å². The van der Waals surface area contributed by atoms with E-state index in [1.54, 1.807) is 27.9 Å². The standard InChI is InChI=1S/C20H29NO6/c1-20(2,3)27-19(23)21-16(17-9-10-18(22)26-17)13-14-5-7-15(8-6-14)25-12-11-24-4/h5-8,16-17H,9-13H2,1-4H3,(H,21,23)/t16-,17-/m0/s1. The first-order valence-corrected chi connectivity index (χ1v) is 9.16. The number of alkyl carbamates (subject to hydrolysis) is 1. The fraction of sp³-hybridized carbons (Fsp3) is 0.600. The number of hydrogen-bond donors (Lipinski definition) is 1. The van der Waals surface area contributed by atoms with Crippen molar-refractivity contribution in [3.63, 3.8) is 0 Å². The number of rotatable bonds is 8. The zero-order valence-electron chi connectivity index (χ0n) is 16.4. The van der Waals surface area contributed by atoms with Gasteiger partial charge < -0.3 is 24.3 Å². The van der Waals surface area contributed by atoms with Crippen LogP contribution in [0.25, 0.3) is 0 Å². The van der Waals surface area contributed by atoms with Crippen LogP contribution in [0.3, 0.4) is 0 Å². The van der Waals surface area contributed by atoms with Gasteiger partial charge in [-0.2, -0.15) is 0 Å². The highest BCUT2D eigenvalue weighted by Crippen LogP contribution is 2.22. The van der Waals surface area contributed by atoms with Crippen LogP contribution in [0.2, 0.25) is 0 Å². The van der Waals surface area contributed by atoms with E-state index >= 15 is 0 Å². The maximum atomic E-state index is 12.2. The molecule has 1 aromatic rings. The zero-order valence-corrected chi connectivity index (χ0v) is 16.4. The molecule has 0 radical (unpaired) electrons. The summed E-state index contributed by atoms with van der Waals surface area (Å²) < 4.78 is 21.2. The van der Waals surface area contributed by atoms with Crippen LogP contribution in [-0.2, 0) is 25.4 Å². The van der Waals surface area contributed by atoms with Gasteiger partial charge in [0.05, 0.1) is 12.6 Å². The molecule has 1 heterocycles. The molecule has 1 amide bonds. The fourth-order valence-corrected chi connectivity index (χ4v) is 2.78. The van der Waals surface area contributed by atoms with E-state index in [-0.39, 0.29) is 18.1 Å². The minimum atomic E-state index is -0.595. The van der Waals surface area contributed by atoms with Crippen molar-refractivity contribution in [2.45, 2.75) is 57.8 Å². The van der Waals surface area contributed by atoms with Gasteiger partial charge in [0.2, 0.25) is 0 Å². The Bertz CT molecular complexity index is 622. The van der Waals surface area contributed by atoms with E-state index in [0.717, 1.165) is 11.3 Å². The number of benzene rings is 1. The molecule has 1 aliphatic heterocycles. The number of carbonyl (C=O) groups excluding carboxylic acids is 2. The Morgan fingerprint density at radius 3 is 2.52 bits per heavy atom. The Balaban J connectivity index is 2.00. The van der Waals surface area contributed by atoms with Gasteiger partial charge in [-0.15, -0.1) is 0 Å². The van der Waals surface area contributed by atoms with E-state index in [4.69, 9.17) is 18.9 Å². The summed E-state index contributed by atoms with van der Waals surface area (Å²) in [5, 5.41) is 2.85. The molecule has 1 fully saturated rings. The smallest absolute Gasteiger partial charge is 0.408 e. The summed E-state index contributed by atoms with van der Waals surface area (Å²) in [4.78, 5) is 23.7. The van der Waals surface area contributed by atoms with Crippen LogP contribution in [0.5, 0.6) is 5.75 Å². The Morgan fingerprint density at radius 1 is 1.26 bits per heavy atom. The molecule has 1 aliphatic rings. The number of carbonyl (C=O) groups is 2. The molecule has 0 aromatic heterocycles. The number of cyclic esters (lactones) is 1. The fourth-order valence-electron chi connectivity index (χ4n) is 2.78. The molecule has 0 saturated carbocycles. The first-order chi connectivity index (χ1) is 12.8.